The molecule has 1 aromatic heterocycles. The third-order valence-corrected chi connectivity index (χ3v) is 3.57. The zero-order valence-electron chi connectivity index (χ0n) is 12.6. The van der Waals surface area contributed by atoms with Gasteiger partial charge in [0.2, 0.25) is 0 Å². The Morgan fingerprint density at radius 3 is 2.20 bits per heavy atom. The van der Waals surface area contributed by atoms with Crippen molar-refractivity contribution in [2.24, 2.45) is 0 Å². The second-order valence-corrected chi connectivity index (χ2v) is 5.47. The zero-order chi connectivity index (χ0) is 14.7. The first kappa shape index (κ1) is 14.7. The van der Waals surface area contributed by atoms with Crippen LogP contribution in [0.5, 0.6) is 0 Å². The quantitative estimate of drug-likeness (QED) is 0.924. The van der Waals surface area contributed by atoms with Crippen LogP contribution in [-0.4, -0.2) is 15.3 Å². The fourth-order valence-corrected chi connectivity index (χ4v) is 2.29. The molecular formula is C17H22N2O. The topological polar surface area (TPSA) is 46.0 Å². The number of aromatic nitrogens is 2. The van der Waals surface area contributed by atoms with Crippen LogP contribution in [-0.2, 0) is 6.42 Å². The summed E-state index contributed by atoms with van der Waals surface area (Å²) in [5.74, 6) is 0.497. The van der Waals surface area contributed by atoms with Gasteiger partial charge in [0.05, 0.1) is 11.4 Å². The summed E-state index contributed by atoms with van der Waals surface area (Å²) < 4.78 is 0. The molecule has 3 heteroatoms. The molecule has 0 amide bonds. The van der Waals surface area contributed by atoms with Crippen LogP contribution in [0.25, 0.3) is 0 Å². The summed E-state index contributed by atoms with van der Waals surface area (Å²) in [7, 11) is 0. The maximum absolute atomic E-state index is 10.6. The van der Waals surface area contributed by atoms with Gasteiger partial charge in [0.15, 0.2) is 0 Å². The van der Waals surface area contributed by atoms with E-state index in [1.165, 1.54) is 5.56 Å². The van der Waals surface area contributed by atoms with Gasteiger partial charge in [-0.05, 0) is 36.5 Å². The van der Waals surface area contributed by atoms with Gasteiger partial charge in [-0.1, -0.05) is 45.0 Å². The number of hydrogen-bond donors (Lipinski definition) is 1. The van der Waals surface area contributed by atoms with E-state index in [0.29, 0.717) is 5.92 Å². The summed E-state index contributed by atoms with van der Waals surface area (Å²) in [6, 6.07) is 10.1. The normalized spacial score (nSPS) is 12.7. The number of aliphatic hydroxyl groups is 1. The fourth-order valence-electron chi connectivity index (χ4n) is 2.29. The van der Waals surface area contributed by atoms with Crippen LogP contribution in [0.3, 0.4) is 0 Å². The van der Waals surface area contributed by atoms with Gasteiger partial charge < -0.3 is 5.11 Å². The number of aryl methyl sites for hydroxylation is 2. The molecule has 0 aliphatic rings. The zero-order valence-corrected chi connectivity index (χ0v) is 12.6. The van der Waals surface area contributed by atoms with Crippen LogP contribution in [0.4, 0.5) is 0 Å². The number of benzene rings is 1. The molecule has 0 bridgehead atoms. The van der Waals surface area contributed by atoms with E-state index < -0.39 is 6.10 Å². The van der Waals surface area contributed by atoms with E-state index in [1.54, 1.807) is 0 Å². The number of hydrogen-bond acceptors (Lipinski definition) is 3. The van der Waals surface area contributed by atoms with Crippen LogP contribution in [0.2, 0.25) is 0 Å². The van der Waals surface area contributed by atoms with Gasteiger partial charge in [0, 0.05) is 5.56 Å². The molecule has 1 N–H and O–H groups in total. The minimum absolute atomic E-state index is 0.497. The Kier molecular flexibility index (Phi) is 4.50. The monoisotopic (exact) mass is 270 g/mol. The SMILES string of the molecule is CCc1nnc(C)cc1C(O)c1ccc(C(C)C)cc1. The molecule has 1 atom stereocenters. The Balaban J connectivity index is 2.35. The second kappa shape index (κ2) is 6.14. The predicted molar refractivity (Wildman–Crippen MR) is 80.7 cm³/mol. The maximum Gasteiger partial charge on any atom is 0.106 e. The highest BCUT2D eigenvalue weighted by atomic mass is 16.3. The van der Waals surface area contributed by atoms with Crippen LogP contribution < -0.4 is 0 Å². The van der Waals surface area contributed by atoms with Crippen molar-refractivity contribution in [1.82, 2.24) is 10.2 Å². The van der Waals surface area contributed by atoms with Gasteiger partial charge in [-0.15, -0.1) is 0 Å². The molecule has 0 radical (unpaired) electrons. The summed E-state index contributed by atoms with van der Waals surface area (Å²) in [4.78, 5) is 0. The van der Waals surface area contributed by atoms with E-state index >= 15 is 0 Å². The third kappa shape index (κ3) is 3.05. The molecule has 1 unspecified atom stereocenters. The fraction of sp³-hybridized carbons (Fsp3) is 0.412. The van der Waals surface area contributed by atoms with Gasteiger partial charge in [0.1, 0.15) is 6.10 Å². The first-order chi connectivity index (χ1) is 9.52. The van der Waals surface area contributed by atoms with Crippen molar-refractivity contribution < 1.29 is 5.11 Å². The third-order valence-electron chi connectivity index (χ3n) is 3.57. The highest BCUT2D eigenvalue weighted by Crippen LogP contribution is 2.26. The van der Waals surface area contributed by atoms with Crippen molar-refractivity contribution in [2.75, 3.05) is 0 Å². The van der Waals surface area contributed by atoms with Gasteiger partial charge in [-0.2, -0.15) is 10.2 Å². The summed E-state index contributed by atoms with van der Waals surface area (Å²) in [5.41, 5.74) is 4.72. The molecule has 20 heavy (non-hydrogen) atoms. The van der Waals surface area contributed by atoms with Crippen LogP contribution in [0, 0.1) is 6.92 Å². The molecule has 106 valence electrons. The molecule has 0 saturated carbocycles. The number of nitrogens with zero attached hydrogens (tertiary/aromatic N) is 2. The molecule has 0 aliphatic carbocycles. The predicted octanol–water partition coefficient (Wildman–Crippen LogP) is 3.55. The van der Waals surface area contributed by atoms with Gasteiger partial charge in [-0.3, -0.25) is 0 Å². The van der Waals surface area contributed by atoms with E-state index in [4.69, 9.17) is 0 Å². The van der Waals surface area contributed by atoms with Crippen LogP contribution >= 0.6 is 0 Å². The average Bonchev–Trinajstić information content (AvgIpc) is 2.46. The summed E-state index contributed by atoms with van der Waals surface area (Å²) in [6.45, 7) is 8.25. The van der Waals surface area contributed by atoms with Crippen molar-refractivity contribution in [3.8, 4) is 0 Å². The molecule has 1 heterocycles. The lowest BCUT2D eigenvalue weighted by molar-refractivity contribution is 0.218. The molecule has 2 rings (SSSR count). The summed E-state index contributed by atoms with van der Waals surface area (Å²) in [5, 5.41) is 18.8. The van der Waals surface area contributed by atoms with Crippen LogP contribution in [0.15, 0.2) is 30.3 Å². The lowest BCUT2D eigenvalue weighted by Crippen LogP contribution is -2.07. The Hall–Kier alpha value is -1.74. The van der Waals surface area contributed by atoms with Gasteiger partial charge in [-0.25, -0.2) is 0 Å². The van der Waals surface area contributed by atoms with Crippen molar-refractivity contribution in [1.29, 1.82) is 0 Å². The van der Waals surface area contributed by atoms with Gasteiger partial charge in [0.25, 0.3) is 0 Å². The first-order valence-corrected chi connectivity index (χ1v) is 7.14. The number of aliphatic hydroxyl groups excluding tert-OH is 1. The highest BCUT2D eigenvalue weighted by molar-refractivity contribution is 5.35. The molecular weight excluding hydrogens is 248 g/mol. The van der Waals surface area contributed by atoms with E-state index in [2.05, 4.69) is 36.2 Å². The Morgan fingerprint density at radius 2 is 1.65 bits per heavy atom. The Bertz CT molecular complexity index is 576. The van der Waals surface area contributed by atoms with E-state index in [1.807, 2.05) is 32.0 Å². The molecule has 2 aromatic rings. The Labute approximate surface area is 120 Å². The average molecular weight is 270 g/mol. The summed E-state index contributed by atoms with van der Waals surface area (Å²) in [6.07, 6.45) is 0.129. The largest absolute Gasteiger partial charge is 0.384 e. The van der Waals surface area contributed by atoms with Crippen molar-refractivity contribution >= 4 is 0 Å². The number of rotatable bonds is 4. The first-order valence-electron chi connectivity index (χ1n) is 7.14. The molecule has 0 fully saturated rings. The molecule has 0 spiro atoms. The molecule has 3 nitrogen and oxygen atoms in total. The van der Waals surface area contributed by atoms with Gasteiger partial charge >= 0.3 is 0 Å². The lowest BCUT2D eigenvalue weighted by atomic mass is 9.96. The van der Waals surface area contributed by atoms with Crippen molar-refractivity contribution in [2.45, 2.75) is 46.1 Å². The maximum atomic E-state index is 10.6. The van der Waals surface area contributed by atoms with Crippen molar-refractivity contribution in [3.63, 3.8) is 0 Å². The Morgan fingerprint density at radius 1 is 1.05 bits per heavy atom. The summed E-state index contributed by atoms with van der Waals surface area (Å²) >= 11 is 0. The minimum Gasteiger partial charge on any atom is -0.384 e. The molecule has 0 aliphatic heterocycles. The lowest BCUT2D eigenvalue weighted by Gasteiger charge is -2.15. The smallest absolute Gasteiger partial charge is 0.106 e. The van der Waals surface area contributed by atoms with Crippen LogP contribution in [0.1, 0.15) is 60.9 Å². The van der Waals surface area contributed by atoms with E-state index in [-0.39, 0.29) is 0 Å². The molecule has 1 aromatic carbocycles. The molecule has 0 saturated heterocycles. The highest BCUT2D eigenvalue weighted by Gasteiger charge is 2.16. The standard InChI is InChI=1S/C17H22N2O/c1-5-16-15(10-12(4)18-19-16)17(20)14-8-6-13(7-9-14)11(2)3/h6-11,17,20H,5H2,1-4H3. The van der Waals surface area contributed by atoms with E-state index in [0.717, 1.165) is 28.9 Å². The minimum atomic E-state index is -0.639. The second-order valence-electron chi connectivity index (χ2n) is 5.47. The van der Waals surface area contributed by atoms with E-state index in [9.17, 15) is 5.11 Å². The van der Waals surface area contributed by atoms with Crippen molar-refractivity contribution in [3.05, 3.63) is 58.4 Å².